The molecule has 22 heavy (non-hydrogen) atoms. The number of nitrogens with zero attached hydrogens (tertiary/aromatic N) is 1. The molecule has 2 N–H and O–H groups in total. The van der Waals surface area contributed by atoms with Crippen LogP contribution in [-0.2, 0) is 0 Å². The van der Waals surface area contributed by atoms with E-state index < -0.39 is 5.91 Å². The first-order chi connectivity index (χ1) is 10.6. The molecule has 0 fully saturated rings. The van der Waals surface area contributed by atoms with Gasteiger partial charge in [-0.1, -0.05) is 34.8 Å². The van der Waals surface area contributed by atoms with E-state index in [2.05, 4.69) is 10.5 Å². The molecular weight excluding hydrogens is 360 g/mol. The largest absolute Gasteiger partial charge is 0.507 e. The third-order valence-electron chi connectivity index (χ3n) is 2.72. The number of benzene rings is 1. The molecule has 2 heterocycles. The highest BCUT2D eigenvalue weighted by Crippen LogP contribution is 2.39. The van der Waals surface area contributed by atoms with E-state index in [-0.39, 0.29) is 15.4 Å². The molecule has 0 unspecified atom stereocenters. The molecule has 5 nitrogen and oxygen atoms in total. The van der Waals surface area contributed by atoms with E-state index in [4.69, 9.17) is 0 Å². The van der Waals surface area contributed by atoms with Gasteiger partial charge in [0.25, 0.3) is 9.96 Å². The Labute approximate surface area is 142 Å². The van der Waals surface area contributed by atoms with Crippen LogP contribution in [0.15, 0.2) is 42.6 Å². The summed E-state index contributed by atoms with van der Waals surface area (Å²) in [5, 5.41) is 13.8. The van der Waals surface area contributed by atoms with Crippen molar-refractivity contribution in [2.75, 3.05) is 11.5 Å². The molecular formula is C13H10N2O3S4. The van der Waals surface area contributed by atoms with E-state index in [1.165, 1.54) is 34.8 Å². The number of phenolic OH excluding ortho intramolecular Hbond substituents is 1. The van der Waals surface area contributed by atoms with Gasteiger partial charge < -0.3 is 5.11 Å². The van der Waals surface area contributed by atoms with Crippen LogP contribution in [0.5, 0.6) is 5.75 Å². The van der Waals surface area contributed by atoms with Crippen LogP contribution >= 0.6 is 46.2 Å². The monoisotopic (exact) mass is 370 g/mol. The van der Waals surface area contributed by atoms with Crippen LogP contribution < -0.4 is 9.48 Å². The molecule has 1 aromatic heterocycles. The number of phenols is 1. The molecule has 0 radical (unpaired) electrons. The number of carbonyl (C=O) groups is 1. The predicted molar refractivity (Wildman–Crippen MR) is 92.9 cm³/mol. The molecule has 0 spiro atoms. The lowest BCUT2D eigenvalue weighted by Crippen LogP contribution is -2.21. The number of hydrogen-bond acceptors (Lipinski definition) is 8. The number of aromatic hydroxyl groups is 1. The molecule has 0 saturated heterocycles. The van der Waals surface area contributed by atoms with Crippen LogP contribution in [0.3, 0.4) is 0 Å². The van der Waals surface area contributed by atoms with Crippen LogP contribution in [0, 0.1) is 0 Å². The Kier molecular flexibility index (Phi) is 4.87. The van der Waals surface area contributed by atoms with Gasteiger partial charge in [0.15, 0.2) is 0 Å². The number of amides is 1. The summed E-state index contributed by atoms with van der Waals surface area (Å²) in [6.45, 7) is 0. The highest BCUT2D eigenvalue weighted by atomic mass is 32.2. The number of para-hydroxylation sites is 1. The fraction of sp³-hybridized carbons (Fsp3) is 0.154. The van der Waals surface area contributed by atoms with Gasteiger partial charge >= 0.3 is 0 Å². The van der Waals surface area contributed by atoms with E-state index in [0.717, 1.165) is 14.1 Å². The van der Waals surface area contributed by atoms with E-state index in [1.54, 1.807) is 35.7 Å². The van der Waals surface area contributed by atoms with Crippen molar-refractivity contribution in [3.8, 4) is 5.75 Å². The summed E-state index contributed by atoms with van der Waals surface area (Å²) >= 11 is 5.65. The molecule has 0 saturated carbocycles. The van der Waals surface area contributed by atoms with Gasteiger partial charge in [-0.05, 0) is 12.1 Å². The van der Waals surface area contributed by atoms with Gasteiger partial charge in [-0.15, -0.1) is 23.5 Å². The highest BCUT2D eigenvalue weighted by Gasteiger charge is 2.17. The molecule has 0 bridgehead atoms. The topological polar surface area (TPSA) is 78.8 Å². The van der Waals surface area contributed by atoms with Crippen molar-refractivity contribution >= 4 is 57.8 Å². The van der Waals surface area contributed by atoms with Crippen LogP contribution in [0.4, 0.5) is 0 Å². The summed E-state index contributed by atoms with van der Waals surface area (Å²) in [4.78, 5) is 23.3. The van der Waals surface area contributed by atoms with Crippen molar-refractivity contribution in [1.82, 2.24) is 5.43 Å². The first-order valence-corrected chi connectivity index (χ1v) is 9.77. The molecule has 0 atom stereocenters. The number of thioether (sulfide) groups is 2. The molecule has 1 aromatic carbocycles. The smallest absolute Gasteiger partial charge is 0.289 e. The molecule has 1 aliphatic rings. The van der Waals surface area contributed by atoms with Gasteiger partial charge in [0.05, 0.1) is 19.7 Å². The van der Waals surface area contributed by atoms with Crippen molar-refractivity contribution in [2.24, 2.45) is 5.10 Å². The van der Waals surface area contributed by atoms with Crippen LogP contribution in [0.2, 0.25) is 0 Å². The molecule has 114 valence electrons. The zero-order valence-electron chi connectivity index (χ0n) is 11.1. The number of fused-ring (bicyclic) bond motifs is 1. The quantitative estimate of drug-likeness (QED) is 0.795. The average Bonchev–Trinajstić information content (AvgIpc) is 2.76. The van der Waals surface area contributed by atoms with Crippen LogP contribution in [-0.4, -0.2) is 28.2 Å². The summed E-state index contributed by atoms with van der Waals surface area (Å²) in [5.41, 5.74) is 3.50. The third-order valence-corrected chi connectivity index (χ3v) is 7.95. The minimum absolute atomic E-state index is 0.0724. The molecule has 3 rings (SSSR count). The lowest BCUT2D eigenvalue weighted by Gasteiger charge is -2.04. The van der Waals surface area contributed by atoms with Crippen molar-refractivity contribution in [3.05, 3.63) is 38.7 Å². The van der Waals surface area contributed by atoms with Gasteiger partial charge in [0.1, 0.15) is 5.75 Å². The number of hydrogen-bond donors (Lipinski definition) is 2. The van der Waals surface area contributed by atoms with E-state index in [0.29, 0.717) is 11.5 Å². The van der Waals surface area contributed by atoms with Crippen molar-refractivity contribution in [2.45, 2.75) is 8.42 Å². The maximum atomic E-state index is 12.0. The predicted octanol–water partition coefficient (Wildman–Crippen LogP) is 2.86. The maximum absolute atomic E-state index is 12.0. The number of carbonyl (C=O) groups excluding carboxylic acids is 1. The first-order valence-electron chi connectivity index (χ1n) is 6.17. The molecule has 2 aromatic rings. The normalized spacial score (nSPS) is 14.1. The lowest BCUT2D eigenvalue weighted by atomic mass is 10.2. The maximum Gasteiger partial charge on any atom is 0.289 e. The summed E-state index contributed by atoms with van der Waals surface area (Å²) in [7, 11) is 0. The SMILES string of the molecule is O=C(NN=C1CSc2sc(=O)sc2SC1)c1ccccc1O. The highest BCUT2D eigenvalue weighted by molar-refractivity contribution is 8.06. The van der Waals surface area contributed by atoms with Gasteiger partial charge in [-0.3, -0.25) is 9.59 Å². The van der Waals surface area contributed by atoms with Crippen molar-refractivity contribution in [1.29, 1.82) is 0 Å². The molecule has 1 amide bonds. The Hall–Kier alpha value is -1.29. The standard InChI is InChI=1S/C13H10N2O3S4/c16-9-4-2-1-3-8(9)10(17)15-14-7-5-19-11-12(20-6-7)22-13(18)21-11/h1-4,16H,5-6H2,(H,15,17). The Balaban J connectivity index is 1.67. The van der Waals surface area contributed by atoms with Gasteiger partial charge in [0.2, 0.25) is 0 Å². The fourth-order valence-corrected chi connectivity index (χ4v) is 6.92. The lowest BCUT2D eigenvalue weighted by molar-refractivity contribution is 0.0952. The number of rotatable bonds is 2. The average molecular weight is 371 g/mol. The zero-order valence-corrected chi connectivity index (χ0v) is 14.3. The van der Waals surface area contributed by atoms with Crippen molar-refractivity contribution < 1.29 is 9.90 Å². The van der Waals surface area contributed by atoms with Crippen molar-refractivity contribution in [3.63, 3.8) is 0 Å². The fourth-order valence-electron chi connectivity index (χ4n) is 1.69. The molecule has 1 aliphatic heterocycles. The van der Waals surface area contributed by atoms with Crippen LogP contribution in [0.1, 0.15) is 10.4 Å². The summed E-state index contributed by atoms with van der Waals surface area (Å²) in [6, 6.07) is 6.33. The Morgan fingerprint density at radius 3 is 2.41 bits per heavy atom. The number of hydrazone groups is 1. The summed E-state index contributed by atoms with van der Waals surface area (Å²) < 4.78 is 2.16. The Morgan fingerprint density at radius 2 is 1.77 bits per heavy atom. The summed E-state index contributed by atoms with van der Waals surface area (Å²) in [6.07, 6.45) is 0. The molecule has 9 heteroatoms. The summed E-state index contributed by atoms with van der Waals surface area (Å²) in [5.74, 6) is 0.752. The van der Waals surface area contributed by atoms with E-state index in [9.17, 15) is 14.7 Å². The molecule has 0 aliphatic carbocycles. The second kappa shape index (κ2) is 6.86. The van der Waals surface area contributed by atoms with E-state index in [1.807, 2.05) is 0 Å². The second-order valence-corrected chi connectivity index (χ2v) is 8.96. The van der Waals surface area contributed by atoms with Gasteiger partial charge in [-0.2, -0.15) is 5.10 Å². The third kappa shape index (κ3) is 3.54. The minimum Gasteiger partial charge on any atom is -0.507 e. The van der Waals surface area contributed by atoms with Crippen LogP contribution in [0.25, 0.3) is 0 Å². The Morgan fingerprint density at radius 1 is 1.14 bits per heavy atom. The van der Waals surface area contributed by atoms with E-state index >= 15 is 0 Å². The zero-order chi connectivity index (χ0) is 15.5. The minimum atomic E-state index is -0.440. The second-order valence-electron chi connectivity index (χ2n) is 4.24. The first kappa shape index (κ1) is 15.6. The number of nitrogens with one attached hydrogen (secondary N) is 1. The Bertz CT molecular complexity index is 766. The van der Waals surface area contributed by atoms with Gasteiger partial charge in [0, 0.05) is 11.5 Å². The van der Waals surface area contributed by atoms with Gasteiger partial charge in [-0.25, -0.2) is 5.43 Å².